The van der Waals surface area contributed by atoms with Crippen molar-refractivity contribution in [2.45, 2.75) is 37.4 Å². The van der Waals surface area contributed by atoms with Gasteiger partial charge in [-0.25, -0.2) is 17.5 Å². The van der Waals surface area contributed by atoms with E-state index >= 15 is 0 Å². The lowest BCUT2D eigenvalue weighted by Crippen LogP contribution is -2.23. The average molecular weight is 405 g/mol. The Hall–Kier alpha value is -2.13. The van der Waals surface area contributed by atoms with Gasteiger partial charge in [-0.05, 0) is 54.4 Å². The maximum absolute atomic E-state index is 13.4. The van der Waals surface area contributed by atoms with Crippen molar-refractivity contribution in [1.82, 2.24) is 4.72 Å². The Morgan fingerprint density at radius 2 is 1.74 bits per heavy atom. The third-order valence-corrected chi connectivity index (χ3v) is 5.07. The summed E-state index contributed by atoms with van der Waals surface area (Å²) in [6.45, 7) is 2.06. The summed E-state index contributed by atoms with van der Waals surface area (Å²) in [6.07, 6.45) is -2.88. The topological polar surface area (TPSA) is 55.4 Å². The molecule has 0 aliphatic carbocycles. The molecule has 0 atom stereocenters. The van der Waals surface area contributed by atoms with Gasteiger partial charge in [0.05, 0.1) is 17.1 Å². The highest BCUT2D eigenvalue weighted by Crippen LogP contribution is 2.30. The fourth-order valence-electron chi connectivity index (χ4n) is 2.23. The van der Waals surface area contributed by atoms with Crippen LogP contribution in [0.25, 0.3) is 0 Å². The largest absolute Gasteiger partial charge is 0.494 e. The summed E-state index contributed by atoms with van der Waals surface area (Å²) in [5.41, 5.74) is -1.31. The summed E-state index contributed by atoms with van der Waals surface area (Å²) in [5, 5.41) is 0. The number of hydrogen-bond acceptors (Lipinski definition) is 3. The molecule has 0 aromatic heterocycles. The molecule has 0 amide bonds. The number of rotatable bonds is 8. The van der Waals surface area contributed by atoms with Crippen molar-refractivity contribution in [2.24, 2.45) is 0 Å². The zero-order chi connectivity index (χ0) is 20.1. The number of nitrogens with one attached hydrogen (secondary N) is 1. The maximum Gasteiger partial charge on any atom is 0.416 e. The van der Waals surface area contributed by atoms with Gasteiger partial charge in [0.25, 0.3) is 0 Å². The lowest BCUT2D eigenvalue weighted by atomic mass is 10.1. The second-order valence-corrected chi connectivity index (χ2v) is 7.61. The highest BCUT2D eigenvalue weighted by Gasteiger charge is 2.31. The first-order valence-corrected chi connectivity index (χ1v) is 9.69. The molecule has 0 bridgehead atoms. The van der Waals surface area contributed by atoms with Crippen molar-refractivity contribution >= 4 is 10.0 Å². The summed E-state index contributed by atoms with van der Waals surface area (Å²) in [6, 6.07) is 7.56. The molecule has 0 heterocycles. The molecule has 0 aliphatic heterocycles. The second kappa shape index (κ2) is 8.71. The molecule has 0 spiro atoms. The lowest BCUT2D eigenvalue weighted by Gasteiger charge is -2.11. The summed E-state index contributed by atoms with van der Waals surface area (Å²) in [4.78, 5) is -0.0715. The minimum absolute atomic E-state index is 0.0715. The summed E-state index contributed by atoms with van der Waals surface area (Å²) in [5.74, 6) is -0.574. The Balaban J connectivity index is 2.07. The molecule has 27 heavy (non-hydrogen) atoms. The fourth-order valence-corrected chi connectivity index (χ4v) is 3.24. The van der Waals surface area contributed by atoms with Gasteiger partial charge in [-0.1, -0.05) is 13.3 Å². The van der Waals surface area contributed by atoms with Crippen LogP contribution in [-0.2, 0) is 22.7 Å². The minimum Gasteiger partial charge on any atom is -0.494 e. The van der Waals surface area contributed by atoms with E-state index < -0.39 is 34.1 Å². The van der Waals surface area contributed by atoms with Gasteiger partial charge in [0.15, 0.2) is 0 Å². The molecule has 0 unspecified atom stereocenters. The van der Waals surface area contributed by atoms with Crippen LogP contribution in [0.5, 0.6) is 5.75 Å². The summed E-state index contributed by atoms with van der Waals surface area (Å²) in [7, 11) is -3.97. The van der Waals surface area contributed by atoms with E-state index in [-0.39, 0.29) is 10.5 Å². The first-order chi connectivity index (χ1) is 12.6. The van der Waals surface area contributed by atoms with Crippen LogP contribution < -0.4 is 9.46 Å². The Morgan fingerprint density at radius 1 is 1.07 bits per heavy atom. The van der Waals surface area contributed by atoms with Gasteiger partial charge in [0.2, 0.25) is 10.0 Å². The van der Waals surface area contributed by atoms with Crippen LogP contribution >= 0.6 is 0 Å². The van der Waals surface area contributed by atoms with E-state index in [2.05, 4.69) is 4.72 Å². The molecule has 148 valence electrons. The van der Waals surface area contributed by atoms with E-state index in [4.69, 9.17) is 4.74 Å². The number of alkyl halides is 3. The van der Waals surface area contributed by atoms with Gasteiger partial charge < -0.3 is 4.74 Å². The van der Waals surface area contributed by atoms with Crippen LogP contribution in [0.4, 0.5) is 17.6 Å². The van der Waals surface area contributed by atoms with Crippen LogP contribution in [0.15, 0.2) is 47.4 Å². The van der Waals surface area contributed by atoms with Crippen LogP contribution in [0.1, 0.15) is 30.9 Å². The number of hydrogen-bond donors (Lipinski definition) is 1. The predicted molar refractivity (Wildman–Crippen MR) is 92.3 cm³/mol. The molecule has 2 rings (SSSR count). The predicted octanol–water partition coefficient (Wildman–Crippen LogP) is 4.50. The monoisotopic (exact) mass is 405 g/mol. The molecule has 2 aromatic rings. The van der Waals surface area contributed by atoms with E-state index in [0.29, 0.717) is 24.5 Å². The molecular formula is C18H19F4NO3S. The van der Waals surface area contributed by atoms with Gasteiger partial charge >= 0.3 is 6.18 Å². The molecule has 9 heteroatoms. The molecule has 4 nitrogen and oxygen atoms in total. The molecule has 0 aliphatic rings. The lowest BCUT2D eigenvalue weighted by molar-refractivity contribution is -0.137. The van der Waals surface area contributed by atoms with Gasteiger partial charge in [-0.2, -0.15) is 13.2 Å². The molecule has 0 radical (unpaired) electrons. The Morgan fingerprint density at radius 3 is 2.33 bits per heavy atom. The maximum atomic E-state index is 13.4. The first kappa shape index (κ1) is 21.2. The Labute approximate surface area is 155 Å². The van der Waals surface area contributed by atoms with Gasteiger partial charge in [-0.3, -0.25) is 0 Å². The Kier molecular flexibility index (Phi) is 6.83. The van der Waals surface area contributed by atoms with Crippen molar-refractivity contribution < 1.29 is 30.7 Å². The molecular weight excluding hydrogens is 386 g/mol. The van der Waals surface area contributed by atoms with Crippen LogP contribution in [-0.4, -0.2) is 15.0 Å². The van der Waals surface area contributed by atoms with Crippen molar-refractivity contribution in [1.29, 1.82) is 0 Å². The van der Waals surface area contributed by atoms with Crippen molar-refractivity contribution in [3.63, 3.8) is 0 Å². The van der Waals surface area contributed by atoms with Crippen molar-refractivity contribution in [2.75, 3.05) is 6.61 Å². The average Bonchev–Trinajstić information content (AvgIpc) is 2.60. The van der Waals surface area contributed by atoms with Gasteiger partial charge in [0, 0.05) is 6.54 Å². The summed E-state index contributed by atoms with van der Waals surface area (Å²) >= 11 is 0. The highest BCUT2D eigenvalue weighted by atomic mass is 32.2. The van der Waals surface area contributed by atoms with Crippen LogP contribution in [0.3, 0.4) is 0 Å². The molecule has 0 fully saturated rings. The minimum atomic E-state index is -4.72. The molecule has 0 saturated heterocycles. The van der Waals surface area contributed by atoms with Crippen molar-refractivity contribution in [3.8, 4) is 5.75 Å². The number of ether oxygens (including phenoxy) is 1. The molecule has 2 aromatic carbocycles. The van der Waals surface area contributed by atoms with Gasteiger partial charge in [-0.15, -0.1) is 0 Å². The van der Waals surface area contributed by atoms with Gasteiger partial charge in [0.1, 0.15) is 11.6 Å². The zero-order valence-electron chi connectivity index (χ0n) is 14.5. The van der Waals surface area contributed by atoms with E-state index in [0.717, 1.165) is 18.9 Å². The number of benzene rings is 2. The first-order valence-electron chi connectivity index (χ1n) is 8.21. The SMILES string of the molecule is CCCCOc1ccc(S(=O)(=O)NCc2cc(F)cc(C(F)(F)F)c2)cc1. The fraction of sp³-hybridized carbons (Fsp3) is 0.333. The number of halogens is 4. The Bertz CT molecular complexity index is 865. The zero-order valence-corrected chi connectivity index (χ0v) is 15.3. The van der Waals surface area contributed by atoms with E-state index in [1.54, 1.807) is 0 Å². The van der Waals surface area contributed by atoms with Crippen molar-refractivity contribution in [3.05, 3.63) is 59.4 Å². The van der Waals surface area contributed by atoms with E-state index in [1.165, 1.54) is 24.3 Å². The summed E-state index contributed by atoms with van der Waals surface area (Å²) < 4.78 is 83.7. The standard InChI is InChI=1S/C18H19F4NO3S/c1-2-3-8-26-16-4-6-17(7-5-16)27(24,25)23-12-13-9-14(18(20,21)22)11-15(19)10-13/h4-7,9-11,23H,2-3,8,12H2,1H3. The number of unbranched alkanes of at least 4 members (excludes halogenated alkanes) is 1. The van der Waals surface area contributed by atoms with Crippen LogP contribution in [0, 0.1) is 5.82 Å². The quantitative estimate of drug-likeness (QED) is 0.520. The smallest absolute Gasteiger partial charge is 0.416 e. The third-order valence-electron chi connectivity index (χ3n) is 3.65. The molecule has 1 N–H and O–H groups in total. The second-order valence-electron chi connectivity index (χ2n) is 5.84. The van der Waals surface area contributed by atoms with Crippen LogP contribution in [0.2, 0.25) is 0 Å². The normalized spacial score (nSPS) is 12.2. The highest BCUT2D eigenvalue weighted by molar-refractivity contribution is 7.89. The number of sulfonamides is 1. The molecule has 0 saturated carbocycles. The van der Waals surface area contributed by atoms with E-state index in [1.807, 2.05) is 6.92 Å². The third kappa shape index (κ3) is 6.21. The van der Waals surface area contributed by atoms with E-state index in [9.17, 15) is 26.0 Å².